The fourth-order valence-corrected chi connectivity index (χ4v) is 0.991. The predicted molar refractivity (Wildman–Crippen MR) is 63.4 cm³/mol. The minimum absolute atomic E-state index is 0.276. The van der Waals surface area contributed by atoms with Crippen molar-refractivity contribution in [3.63, 3.8) is 0 Å². The minimum Gasteiger partial charge on any atom is -0.343 e. The fourth-order valence-electron chi connectivity index (χ4n) is 0.991. The monoisotopic (exact) mass is 201 g/mol. The van der Waals surface area contributed by atoms with Gasteiger partial charge in [0.15, 0.2) is 0 Å². The Morgan fingerprint density at radius 3 is 2.07 bits per heavy atom. The van der Waals surface area contributed by atoms with Gasteiger partial charge in [0.2, 0.25) is 5.91 Å². The number of hydrogen-bond donors (Lipinski definition) is 0. The van der Waals surface area contributed by atoms with Crippen LogP contribution in [0.3, 0.4) is 0 Å². The molecule has 1 amide bonds. The summed E-state index contributed by atoms with van der Waals surface area (Å²) in [6.07, 6.45) is 4.09. The van der Waals surface area contributed by atoms with Gasteiger partial charge in [-0.1, -0.05) is 33.6 Å². The van der Waals surface area contributed by atoms with Crippen LogP contribution in [0.25, 0.3) is 0 Å². The van der Waals surface area contributed by atoms with E-state index in [9.17, 15) is 4.79 Å². The summed E-state index contributed by atoms with van der Waals surface area (Å²) in [6.45, 7) is 10.2. The molecule has 0 N–H and O–H groups in total. The summed E-state index contributed by atoms with van der Waals surface area (Å²) < 4.78 is 0. The summed E-state index contributed by atoms with van der Waals surface area (Å²) in [5, 5.41) is 0. The highest BCUT2D eigenvalue weighted by Gasteiger charge is 2.10. The summed E-state index contributed by atoms with van der Waals surface area (Å²) in [7, 11) is 1.87. The van der Waals surface area contributed by atoms with Crippen molar-refractivity contribution in [2.45, 2.75) is 66.3 Å². The van der Waals surface area contributed by atoms with Gasteiger partial charge in [-0.3, -0.25) is 4.79 Å². The van der Waals surface area contributed by atoms with Gasteiger partial charge in [-0.2, -0.15) is 0 Å². The maximum Gasteiger partial charge on any atom is 0.222 e. The van der Waals surface area contributed by atoms with E-state index in [0.717, 1.165) is 12.8 Å². The van der Waals surface area contributed by atoms with Crippen molar-refractivity contribution in [1.82, 2.24) is 4.90 Å². The Morgan fingerprint density at radius 1 is 1.21 bits per heavy atom. The third-order valence-electron chi connectivity index (χ3n) is 2.16. The number of carbonyl (C=O) groups excluding carboxylic acids is 1. The third-order valence-corrected chi connectivity index (χ3v) is 2.16. The molecule has 0 aliphatic carbocycles. The van der Waals surface area contributed by atoms with Crippen LogP contribution in [0.1, 0.15) is 60.3 Å². The van der Waals surface area contributed by atoms with E-state index in [2.05, 4.69) is 6.92 Å². The van der Waals surface area contributed by atoms with Crippen LogP contribution in [-0.4, -0.2) is 23.9 Å². The van der Waals surface area contributed by atoms with E-state index in [-0.39, 0.29) is 5.91 Å². The van der Waals surface area contributed by atoms with Crippen molar-refractivity contribution in [3.05, 3.63) is 0 Å². The summed E-state index contributed by atoms with van der Waals surface area (Å²) >= 11 is 0. The first-order chi connectivity index (χ1) is 6.59. The molecule has 0 fully saturated rings. The number of unbranched alkanes of at least 4 members (excludes halogenated alkanes) is 2. The molecule has 0 unspecified atom stereocenters. The number of nitrogens with zero attached hydrogens (tertiary/aromatic N) is 1. The molecule has 0 spiro atoms. The number of carbonyl (C=O) groups is 1. The summed E-state index contributed by atoms with van der Waals surface area (Å²) in [5.74, 6) is 0.276. The van der Waals surface area contributed by atoms with E-state index in [4.69, 9.17) is 0 Å². The lowest BCUT2D eigenvalue weighted by Crippen LogP contribution is -2.32. The average Bonchev–Trinajstić information content (AvgIpc) is 2.19. The van der Waals surface area contributed by atoms with E-state index >= 15 is 0 Å². The van der Waals surface area contributed by atoms with Crippen LogP contribution < -0.4 is 0 Å². The maximum absolute atomic E-state index is 11.4. The van der Waals surface area contributed by atoms with Gasteiger partial charge in [-0.25, -0.2) is 0 Å². The fraction of sp³-hybridized carbons (Fsp3) is 0.917. The van der Waals surface area contributed by atoms with Gasteiger partial charge >= 0.3 is 0 Å². The predicted octanol–water partition coefficient (Wildman–Crippen LogP) is 3.46. The SMILES string of the molecule is CC.CCCCCC(=O)N(C)C(C)C. The maximum atomic E-state index is 11.4. The quantitative estimate of drug-likeness (QED) is 0.624. The van der Waals surface area contributed by atoms with Crippen molar-refractivity contribution in [2.24, 2.45) is 0 Å². The number of amides is 1. The van der Waals surface area contributed by atoms with E-state index in [1.54, 1.807) is 0 Å². The Bertz CT molecular complexity index is 132. The Labute approximate surface area is 89.7 Å². The van der Waals surface area contributed by atoms with Crippen molar-refractivity contribution in [2.75, 3.05) is 7.05 Å². The molecular weight excluding hydrogens is 174 g/mol. The normalized spacial score (nSPS) is 9.36. The van der Waals surface area contributed by atoms with Crippen molar-refractivity contribution in [3.8, 4) is 0 Å². The molecule has 0 aliphatic rings. The van der Waals surface area contributed by atoms with Crippen LogP contribution >= 0.6 is 0 Å². The van der Waals surface area contributed by atoms with E-state index in [1.165, 1.54) is 6.42 Å². The topological polar surface area (TPSA) is 20.3 Å². The first-order valence-corrected chi connectivity index (χ1v) is 5.85. The minimum atomic E-state index is 0.276. The van der Waals surface area contributed by atoms with Gasteiger partial charge in [-0.15, -0.1) is 0 Å². The van der Waals surface area contributed by atoms with Crippen LogP contribution in [0, 0.1) is 0 Å². The van der Waals surface area contributed by atoms with Gasteiger partial charge in [0.1, 0.15) is 0 Å². The van der Waals surface area contributed by atoms with Gasteiger partial charge in [0.25, 0.3) is 0 Å². The molecule has 0 heterocycles. The highest BCUT2D eigenvalue weighted by atomic mass is 16.2. The largest absolute Gasteiger partial charge is 0.343 e. The lowest BCUT2D eigenvalue weighted by Gasteiger charge is -2.21. The summed E-state index contributed by atoms with van der Waals surface area (Å²) in [6, 6.07) is 0.333. The molecular formula is C12H27NO. The Balaban J connectivity index is 0. The second kappa shape index (κ2) is 10.6. The van der Waals surface area contributed by atoms with E-state index < -0.39 is 0 Å². The molecule has 0 aromatic carbocycles. The Kier molecular flexibility index (Phi) is 12.0. The van der Waals surface area contributed by atoms with Gasteiger partial charge in [0.05, 0.1) is 0 Å². The molecule has 2 heteroatoms. The third kappa shape index (κ3) is 8.09. The zero-order valence-electron chi connectivity index (χ0n) is 10.8. The molecule has 0 saturated carbocycles. The number of rotatable bonds is 5. The zero-order valence-corrected chi connectivity index (χ0v) is 10.8. The first kappa shape index (κ1) is 15.9. The molecule has 0 aliphatic heterocycles. The molecule has 14 heavy (non-hydrogen) atoms. The van der Waals surface area contributed by atoms with Gasteiger partial charge < -0.3 is 4.90 Å². The zero-order chi connectivity index (χ0) is 11.6. The lowest BCUT2D eigenvalue weighted by atomic mass is 10.2. The summed E-state index contributed by atoms with van der Waals surface area (Å²) in [4.78, 5) is 13.2. The van der Waals surface area contributed by atoms with Crippen molar-refractivity contribution < 1.29 is 4.79 Å². The molecule has 0 aromatic rings. The molecule has 0 rings (SSSR count). The molecule has 0 aromatic heterocycles. The van der Waals surface area contributed by atoms with Gasteiger partial charge in [0, 0.05) is 19.5 Å². The smallest absolute Gasteiger partial charge is 0.222 e. The van der Waals surface area contributed by atoms with Crippen molar-refractivity contribution >= 4 is 5.91 Å². The second-order valence-corrected chi connectivity index (χ2v) is 3.56. The Morgan fingerprint density at radius 2 is 1.71 bits per heavy atom. The summed E-state index contributed by atoms with van der Waals surface area (Å²) in [5.41, 5.74) is 0. The molecule has 0 atom stereocenters. The highest BCUT2D eigenvalue weighted by Crippen LogP contribution is 2.04. The molecule has 0 bridgehead atoms. The van der Waals surface area contributed by atoms with Crippen molar-refractivity contribution in [1.29, 1.82) is 0 Å². The molecule has 2 nitrogen and oxygen atoms in total. The van der Waals surface area contributed by atoms with E-state index in [1.807, 2.05) is 39.6 Å². The molecule has 86 valence electrons. The molecule has 0 saturated heterocycles. The van der Waals surface area contributed by atoms with Crippen LogP contribution in [0.2, 0.25) is 0 Å². The lowest BCUT2D eigenvalue weighted by molar-refractivity contribution is -0.131. The second-order valence-electron chi connectivity index (χ2n) is 3.56. The first-order valence-electron chi connectivity index (χ1n) is 5.85. The van der Waals surface area contributed by atoms with Crippen LogP contribution in [0.5, 0.6) is 0 Å². The van der Waals surface area contributed by atoms with E-state index in [0.29, 0.717) is 12.5 Å². The Hall–Kier alpha value is -0.530. The van der Waals surface area contributed by atoms with Crippen LogP contribution in [0.15, 0.2) is 0 Å². The van der Waals surface area contributed by atoms with Crippen LogP contribution in [0.4, 0.5) is 0 Å². The highest BCUT2D eigenvalue weighted by molar-refractivity contribution is 5.76. The average molecular weight is 201 g/mol. The van der Waals surface area contributed by atoms with Crippen LogP contribution in [-0.2, 0) is 4.79 Å². The van der Waals surface area contributed by atoms with Gasteiger partial charge in [-0.05, 0) is 20.3 Å². The standard InChI is InChI=1S/C10H21NO.C2H6/c1-5-6-7-8-10(12)11(4)9(2)3;1-2/h9H,5-8H2,1-4H3;1-2H3. The molecule has 0 radical (unpaired) electrons. The number of hydrogen-bond acceptors (Lipinski definition) is 1.